The molecule has 2 atom stereocenters. The number of hydrogen-bond acceptors (Lipinski definition) is 4. The van der Waals surface area contributed by atoms with E-state index in [0.29, 0.717) is 10.3 Å². The molecule has 1 aromatic rings. The molecule has 1 aliphatic carbocycles. The van der Waals surface area contributed by atoms with E-state index in [2.05, 4.69) is 4.72 Å². The lowest BCUT2D eigenvalue weighted by Gasteiger charge is -2.30. The molecule has 1 saturated carbocycles. The predicted octanol–water partition coefficient (Wildman–Crippen LogP) is 2.87. The predicted molar refractivity (Wildman–Crippen MR) is 85.7 cm³/mol. The van der Waals surface area contributed by atoms with Crippen molar-refractivity contribution < 1.29 is 8.42 Å². The number of hydrogen-bond donors (Lipinski definition) is 2. The summed E-state index contributed by atoms with van der Waals surface area (Å²) in [5.74, 6) is 0. The maximum Gasteiger partial charge on any atom is 0.240 e. The van der Waals surface area contributed by atoms with Gasteiger partial charge in [0.15, 0.2) is 0 Å². The quantitative estimate of drug-likeness (QED) is 0.830. The van der Waals surface area contributed by atoms with Gasteiger partial charge < -0.3 is 5.73 Å². The van der Waals surface area contributed by atoms with Gasteiger partial charge in [0.2, 0.25) is 10.0 Å². The van der Waals surface area contributed by atoms with Crippen LogP contribution in [0.4, 0.5) is 5.69 Å². The van der Waals surface area contributed by atoms with E-state index in [1.807, 2.05) is 6.26 Å². The highest BCUT2D eigenvalue weighted by atomic mass is 35.5. The summed E-state index contributed by atoms with van der Waals surface area (Å²) in [7, 11) is -3.54. The van der Waals surface area contributed by atoms with Crippen LogP contribution in [0, 0.1) is 0 Å². The third-order valence-electron chi connectivity index (χ3n) is 3.59. The summed E-state index contributed by atoms with van der Waals surface area (Å²) in [5.41, 5.74) is 5.95. The van der Waals surface area contributed by atoms with E-state index in [0.717, 1.165) is 25.7 Å². The highest BCUT2D eigenvalue weighted by Gasteiger charge is 2.29. The van der Waals surface area contributed by atoms with Crippen LogP contribution in [0.15, 0.2) is 23.1 Å². The van der Waals surface area contributed by atoms with Crippen LogP contribution in [0.3, 0.4) is 0 Å². The van der Waals surface area contributed by atoms with Crippen LogP contribution in [0.2, 0.25) is 5.02 Å². The van der Waals surface area contributed by atoms with E-state index in [-0.39, 0.29) is 16.6 Å². The molecule has 0 aromatic heterocycles. The van der Waals surface area contributed by atoms with Crippen LogP contribution in [0.1, 0.15) is 25.7 Å². The number of rotatable bonds is 4. The minimum absolute atomic E-state index is 0.0133. The van der Waals surface area contributed by atoms with Crippen LogP contribution in [0.5, 0.6) is 0 Å². The lowest BCUT2D eigenvalue weighted by atomic mass is 9.96. The van der Waals surface area contributed by atoms with Crippen LogP contribution < -0.4 is 10.5 Å². The van der Waals surface area contributed by atoms with Gasteiger partial charge in [0.25, 0.3) is 0 Å². The molecule has 2 rings (SSSR count). The van der Waals surface area contributed by atoms with E-state index >= 15 is 0 Å². The zero-order chi connectivity index (χ0) is 14.8. The Morgan fingerprint density at radius 3 is 2.70 bits per heavy atom. The van der Waals surface area contributed by atoms with Gasteiger partial charge in [-0.2, -0.15) is 11.8 Å². The van der Waals surface area contributed by atoms with Gasteiger partial charge in [-0.1, -0.05) is 24.4 Å². The Morgan fingerprint density at radius 2 is 2.05 bits per heavy atom. The molecule has 0 heterocycles. The number of sulfonamides is 1. The van der Waals surface area contributed by atoms with Crippen molar-refractivity contribution in [1.82, 2.24) is 4.72 Å². The van der Waals surface area contributed by atoms with E-state index in [1.165, 1.54) is 18.2 Å². The summed E-state index contributed by atoms with van der Waals surface area (Å²) in [4.78, 5) is 0.171. The topological polar surface area (TPSA) is 72.2 Å². The number of nitrogens with two attached hydrogens (primary N) is 1. The SMILES string of the molecule is CSC1CCCCC1NS(=O)(=O)c1ccc(Cl)c(N)c1. The molecule has 20 heavy (non-hydrogen) atoms. The van der Waals surface area contributed by atoms with Crippen LogP contribution in [-0.4, -0.2) is 26.0 Å². The molecule has 0 spiro atoms. The van der Waals surface area contributed by atoms with Crippen LogP contribution in [0.25, 0.3) is 0 Å². The highest BCUT2D eigenvalue weighted by molar-refractivity contribution is 7.99. The Kier molecular flexibility index (Phi) is 5.23. The maximum absolute atomic E-state index is 12.4. The average molecular weight is 335 g/mol. The second-order valence-corrected chi connectivity index (χ2v) is 8.17. The second kappa shape index (κ2) is 6.56. The number of anilines is 1. The molecule has 0 saturated heterocycles. The Balaban J connectivity index is 2.19. The largest absolute Gasteiger partial charge is 0.397 e. The summed E-state index contributed by atoms with van der Waals surface area (Å²) in [6.07, 6.45) is 6.19. The van der Waals surface area contributed by atoms with Gasteiger partial charge in [-0.25, -0.2) is 13.1 Å². The van der Waals surface area contributed by atoms with E-state index in [1.54, 1.807) is 11.8 Å². The lowest BCUT2D eigenvalue weighted by molar-refractivity contribution is 0.423. The Bertz CT molecular complexity index is 578. The molecule has 4 nitrogen and oxygen atoms in total. The number of nitrogen functional groups attached to an aromatic ring is 1. The number of benzene rings is 1. The minimum Gasteiger partial charge on any atom is -0.397 e. The molecule has 1 aromatic carbocycles. The summed E-state index contributed by atoms with van der Waals surface area (Å²) in [6.45, 7) is 0. The fourth-order valence-electron chi connectivity index (χ4n) is 2.47. The lowest BCUT2D eigenvalue weighted by Crippen LogP contribution is -2.43. The van der Waals surface area contributed by atoms with Gasteiger partial charge >= 0.3 is 0 Å². The van der Waals surface area contributed by atoms with Crippen LogP contribution >= 0.6 is 23.4 Å². The zero-order valence-electron chi connectivity index (χ0n) is 11.3. The molecule has 0 amide bonds. The minimum atomic E-state index is -3.54. The number of thioether (sulfide) groups is 1. The molecule has 112 valence electrons. The maximum atomic E-state index is 12.4. The number of halogens is 1. The molecule has 3 N–H and O–H groups in total. The Hall–Kier alpha value is -0.430. The first-order chi connectivity index (χ1) is 9.44. The van der Waals surface area contributed by atoms with Crippen molar-refractivity contribution >= 4 is 39.1 Å². The smallest absolute Gasteiger partial charge is 0.240 e. The van der Waals surface area contributed by atoms with E-state index in [9.17, 15) is 8.42 Å². The monoisotopic (exact) mass is 334 g/mol. The first-order valence-electron chi connectivity index (χ1n) is 6.54. The van der Waals surface area contributed by atoms with Gasteiger partial charge in [0, 0.05) is 11.3 Å². The molecule has 0 bridgehead atoms. The second-order valence-electron chi connectivity index (χ2n) is 4.97. The van der Waals surface area contributed by atoms with Crippen LogP contribution in [-0.2, 0) is 10.0 Å². The van der Waals surface area contributed by atoms with Gasteiger partial charge in [0.05, 0.1) is 15.6 Å². The fourth-order valence-corrected chi connectivity index (χ4v) is 4.95. The van der Waals surface area contributed by atoms with E-state index in [4.69, 9.17) is 17.3 Å². The number of nitrogens with one attached hydrogen (secondary N) is 1. The Morgan fingerprint density at radius 1 is 1.35 bits per heavy atom. The highest BCUT2D eigenvalue weighted by Crippen LogP contribution is 2.29. The molecule has 7 heteroatoms. The third-order valence-corrected chi connectivity index (χ3v) is 6.59. The van der Waals surface area contributed by atoms with Crippen molar-refractivity contribution in [1.29, 1.82) is 0 Å². The molecule has 2 unspecified atom stereocenters. The van der Waals surface area contributed by atoms with Crippen molar-refractivity contribution in [3.63, 3.8) is 0 Å². The molecule has 0 radical (unpaired) electrons. The summed E-state index contributed by atoms with van der Waals surface area (Å²) < 4.78 is 27.6. The van der Waals surface area contributed by atoms with Gasteiger partial charge in [-0.3, -0.25) is 0 Å². The van der Waals surface area contributed by atoms with E-state index < -0.39 is 10.0 Å². The third kappa shape index (κ3) is 3.61. The molecule has 1 fully saturated rings. The molecular weight excluding hydrogens is 316 g/mol. The molecular formula is C13H19ClN2O2S2. The summed E-state index contributed by atoms with van der Waals surface area (Å²) in [5, 5.41) is 0.701. The fraction of sp³-hybridized carbons (Fsp3) is 0.538. The van der Waals surface area contributed by atoms with Crippen molar-refractivity contribution in [3.05, 3.63) is 23.2 Å². The van der Waals surface area contributed by atoms with Crippen molar-refractivity contribution in [2.75, 3.05) is 12.0 Å². The summed E-state index contributed by atoms with van der Waals surface area (Å²) >= 11 is 7.55. The Labute approximate surface area is 129 Å². The summed E-state index contributed by atoms with van der Waals surface area (Å²) in [6, 6.07) is 4.39. The van der Waals surface area contributed by atoms with Gasteiger partial charge in [0.1, 0.15) is 0 Å². The van der Waals surface area contributed by atoms with Crippen molar-refractivity contribution in [3.8, 4) is 0 Å². The average Bonchev–Trinajstić information content (AvgIpc) is 2.42. The van der Waals surface area contributed by atoms with Gasteiger partial charge in [-0.05, 0) is 37.3 Å². The van der Waals surface area contributed by atoms with Crippen molar-refractivity contribution in [2.45, 2.75) is 41.9 Å². The first kappa shape index (κ1) is 15.9. The van der Waals surface area contributed by atoms with Crippen molar-refractivity contribution in [2.24, 2.45) is 0 Å². The zero-order valence-corrected chi connectivity index (χ0v) is 13.7. The standard InChI is InChI=1S/C13H19ClN2O2S2/c1-19-13-5-3-2-4-12(13)16-20(17,18)9-6-7-10(14)11(15)8-9/h6-8,12-13,16H,2-5,15H2,1H3. The molecule has 1 aliphatic rings. The molecule has 0 aliphatic heterocycles. The van der Waals surface area contributed by atoms with Gasteiger partial charge in [-0.15, -0.1) is 0 Å². The normalized spacial score (nSPS) is 23.7. The first-order valence-corrected chi connectivity index (χ1v) is 9.69.